The third-order valence-corrected chi connectivity index (χ3v) is 4.66. The van der Waals surface area contributed by atoms with E-state index in [2.05, 4.69) is 27.7 Å². The molecule has 2 rings (SSSR count). The van der Waals surface area contributed by atoms with E-state index in [-0.39, 0.29) is 5.60 Å². The first kappa shape index (κ1) is 16.4. The first-order chi connectivity index (χ1) is 10.0. The summed E-state index contributed by atoms with van der Waals surface area (Å²) in [7, 11) is 0. The van der Waals surface area contributed by atoms with Crippen molar-refractivity contribution in [2.24, 2.45) is 5.73 Å². The second-order valence-corrected chi connectivity index (χ2v) is 6.26. The lowest BCUT2D eigenvalue weighted by atomic mass is 9.83. The first-order valence-electron chi connectivity index (χ1n) is 8.23. The quantitative estimate of drug-likeness (QED) is 0.903. The van der Waals surface area contributed by atoms with Gasteiger partial charge >= 0.3 is 0 Å². The minimum Gasteiger partial charge on any atom is -0.367 e. The van der Waals surface area contributed by atoms with Crippen molar-refractivity contribution >= 4 is 0 Å². The predicted molar refractivity (Wildman–Crippen MR) is 85.4 cm³/mol. The van der Waals surface area contributed by atoms with Crippen LogP contribution < -0.4 is 5.73 Å². The Labute approximate surface area is 128 Å². The minimum atomic E-state index is -0.271. The SMILES string of the molecule is CCOC1(c2nc(C)c(C(C)CN)c(C)n2)CCCCC1. The molecule has 0 radical (unpaired) electrons. The molecule has 2 N–H and O–H groups in total. The van der Waals surface area contributed by atoms with E-state index in [9.17, 15) is 0 Å². The van der Waals surface area contributed by atoms with E-state index >= 15 is 0 Å². The molecule has 1 heterocycles. The molecule has 4 heteroatoms. The fraction of sp³-hybridized carbons (Fsp3) is 0.765. The normalized spacial score (nSPS) is 19.5. The number of aromatic nitrogens is 2. The molecule has 118 valence electrons. The zero-order valence-corrected chi connectivity index (χ0v) is 13.9. The van der Waals surface area contributed by atoms with E-state index in [1.165, 1.54) is 24.8 Å². The van der Waals surface area contributed by atoms with Crippen LogP contribution in [0.15, 0.2) is 0 Å². The Balaban J connectivity index is 2.43. The summed E-state index contributed by atoms with van der Waals surface area (Å²) >= 11 is 0. The van der Waals surface area contributed by atoms with Gasteiger partial charge in [0.15, 0.2) is 5.82 Å². The van der Waals surface area contributed by atoms with Crippen LogP contribution in [-0.2, 0) is 10.3 Å². The molecule has 0 aliphatic heterocycles. The number of nitrogens with zero attached hydrogens (tertiary/aromatic N) is 2. The van der Waals surface area contributed by atoms with E-state index in [4.69, 9.17) is 20.4 Å². The van der Waals surface area contributed by atoms with Gasteiger partial charge in [-0.25, -0.2) is 9.97 Å². The molecule has 1 aliphatic rings. The highest BCUT2D eigenvalue weighted by Crippen LogP contribution is 2.39. The average Bonchev–Trinajstić information content (AvgIpc) is 2.47. The van der Waals surface area contributed by atoms with Gasteiger partial charge in [0.1, 0.15) is 5.60 Å². The van der Waals surface area contributed by atoms with E-state index < -0.39 is 0 Å². The van der Waals surface area contributed by atoms with Crippen molar-refractivity contribution < 1.29 is 4.74 Å². The molecular weight excluding hydrogens is 262 g/mol. The maximum absolute atomic E-state index is 6.14. The van der Waals surface area contributed by atoms with Gasteiger partial charge < -0.3 is 10.5 Å². The zero-order chi connectivity index (χ0) is 15.5. The fourth-order valence-corrected chi connectivity index (χ4v) is 3.59. The van der Waals surface area contributed by atoms with Crippen molar-refractivity contribution in [1.82, 2.24) is 9.97 Å². The van der Waals surface area contributed by atoms with Crippen molar-refractivity contribution in [1.29, 1.82) is 0 Å². The summed E-state index contributed by atoms with van der Waals surface area (Å²) in [6.07, 6.45) is 5.75. The average molecular weight is 291 g/mol. The molecule has 1 aromatic heterocycles. The molecule has 0 spiro atoms. The molecule has 1 atom stereocenters. The second kappa shape index (κ2) is 6.84. The monoisotopic (exact) mass is 291 g/mol. The van der Waals surface area contributed by atoms with E-state index in [0.717, 1.165) is 30.1 Å². The number of aryl methyl sites for hydroxylation is 2. The molecule has 0 amide bonds. The maximum Gasteiger partial charge on any atom is 0.160 e. The summed E-state index contributed by atoms with van der Waals surface area (Å²) in [6, 6.07) is 0. The van der Waals surface area contributed by atoms with Gasteiger partial charge in [-0.3, -0.25) is 0 Å². The smallest absolute Gasteiger partial charge is 0.160 e. The lowest BCUT2D eigenvalue weighted by molar-refractivity contribution is -0.0769. The molecule has 1 unspecified atom stereocenters. The Bertz CT molecular complexity index is 452. The van der Waals surface area contributed by atoms with Crippen LogP contribution in [0.1, 0.15) is 74.6 Å². The molecule has 4 nitrogen and oxygen atoms in total. The van der Waals surface area contributed by atoms with Crippen molar-refractivity contribution in [3.05, 3.63) is 22.8 Å². The van der Waals surface area contributed by atoms with Crippen LogP contribution in [-0.4, -0.2) is 23.1 Å². The summed E-state index contributed by atoms with van der Waals surface area (Å²) in [6.45, 7) is 9.67. The largest absolute Gasteiger partial charge is 0.367 e. The van der Waals surface area contributed by atoms with E-state index in [1.54, 1.807) is 0 Å². The van der Waals surface area contributed by atoms with Crippen LogP contribution in [0.25, 0.3) is 0 Å². The summed E-state index contributed by atoms with van der Waals surface area (Å²) in [5, 5.41) is 0. The lowest BCUT2D eigenvalue weighted by Crippen LogP contribution is -2.35. The van der Waals surface area contributed by atoms with Crippen molar-refractivity contribution in [3.63, 3.8) is 0 Å². The molecule has 1 aliphatic carbocycles. The van der Waals surface area contributed by atoms with Gasteiger partial charge in [-0.2, -0.15) is 0 Å². The second-order valence-electron chi connectivity index (χ2n) is 6.26. The molecule has 1 aromatic rings. The van der Waals surface area contributed by atoms with Crippen LogP contribution in [0.5, 0.6) is 0 Å². The maximum atomic E-state index is 6.14. The highest BCUT2D eigenvalue weighted by molar-refractivity contribution is 5.29. The number of ether oxygens (including phenoxy) is 1. The number of hydrogen-bond donors (Lipinski definition) is 1. The lowest BCUT2D eigenvalue weighted by Gasteiger charge is -2.36. The third kappa shape index (κ3) is 3.27. The van der Waals surface area contributed by atoms with Crippen LogP contribution in [0.2, 0.25) is 0 Å². The zero-order valence-electron chi connectivity index (χ0n) is 13.9. The van der Waals surface area contributed by atoms with Crippen LogP contribution in [0.3, 0.4) is 0 Å². The highest BCUT2D eigenvalue weighted by atomic mass is 16.5. The first-order valence-corrected chi connectivity index (χ1v) is 8.23. The summed E-state index contributed by atoms with van der Waals surface area (Å²) < 4.78 is 6.14. The Morgan fingerprint density at radius 1 is 1.14 bits per heavy atom. The molecule has 0 saturated heterocycles. The summed E-state index contributed by atoms with van der Waals surface area (Å²) in [5.74, 6) is 1.18. The summed E-state index contributed by atoms with van der Waals surface area (Å²) in [5.41, 5.74) is 8.85. The Hall–Kier alpha value is -1.00. The van der Waals surface area contributed by atoms with Gasteiger partial charge in [0.05, 0.1) is 0 Å². The third-order valence-electron chi connectivity index (χ3n) is 4.66. The number of nitrogens with two attached hydrogens (primary N) is 1. The summed E-state index contributed by atoms with van der Waals surface area (Å²) in [4.78, 5) is 9.65. The van der Waals surface area contributed by atoms with Gasteiger partial charge in [-0.05, 0) is 51.6 Å². The topological polar surface area (TPSA) is 61.0 Å². The molecule has 21 heavy (non-hydrogen) atoms. The number of rotatable bonds is 5. The molecule has 1 fully saturated rings. The molecule has 1 saturated carbocycles. The molecular formula is C17H29N3O. The highest BCUT2D eigenvalue weighted by Gasteiger charge is 2.38. The van der Waals surface area contributed by atoms with Gasteiger partial charge in [0.2, 0.25) is 0 Å². The van der Waals surface area contributed by atoms with Gasteiger partial charge in [0.25, 0.3) is 0 Å². The van der Waals surface area contributed by atoms with Crippen LogP contribution in [0, 0.1) is 13.8 Å². The van der Waals surface area contributed by atoms with Crippen molar-refractivity contribution in [3.8, 4) is 0 Å². The Morgan fingerprint density at radius 2 is 1.71 bits per heavy atom. The number of hydrogen-bond acceptors (Lipinski definition) is 4. The minimum absolute atomic E-state index is 0.271. The Morgan fingerprint density at radius 3 is 2.19 bits per heavy atom. The molecule has 0 aromatic carbocycles. The van der Waals surface area contributed by atoms with Crippen LogP contribution >= 0.6 is 0 Å². The van der Waals surface area contributed by atoms with Crippen molar-refractivity contribution in [2.45, 2.75) is 71.3 Å². The van der Waals surface area contributed by atoms with E-state index in [0.29, 0.717) is 19.1 Å². The van der Waals surface area contributed by atoms with Gasteiger partial charge in [0, 0.05) is 18.0 Å². The molecule has 0 bridgehead atoms. The van der Waals surface area contributed by atoms with Crippen molar-refractivity contribution in [2.75, 3.05) is 13.2 Å². The van der Waals surface area contributed by atoms with Gasteiger partial charge in [-0.1, -0.05) is 26.2 Å². The Kier molecular flexibility index (Phi) is 5.33. The van der Waals surface area contributed by atoms with E-state index in [1.807, 2.05) is 0 Å². The van der Waals surface area contributed by atoms with Gasteiger partial charge in [-0.15, -0.1) is 0 Å². The predicted octanol–water partition coefficient (Wildman–Crippen LogP) is 3.35. The standard InChI is InChI=1S/C17H29N3O/c1-5-21-17(9-7-6-8-10-17)16-19-13(3)15(12(2)11-18)14(4)20-16/h12H,5-11,18H2,1-4H3. The fourth-order valence-electron chi connectivity index (χ4n) is 3.59. The van der Waals surface area contributed by atoms with Crippen LogP contribution in [0.4, 0.5) is 0 Å².